The highest BCUT2D eigenvalue weighted by atomic mass is 19.4. The number of rotatable bonds is 3. The average molecular weight is 335 g/mol. The molecule has 2 amide bonds. The van der Waals surface area contributed by atoms with Crippen molar-refractivity contribution in [2.24, 2.45) is 0 Å². The first-order valence-electron chi connectivity index (χ1n) is 7.50. The number of hydrogen-bond acceptors (Lipinski definition) is 2. The number of benzene rings is 1. The van der Waals surface area contributed by atoms with Gasteiger partial charge >= 0.3 is 12.2 Å². The number of hydrogen-bond donors (Lipinski definition) is 0. The van der Waals surface area contributed by atoms with Crippen LogP contribution >= 0.6 is 0 Å². The van der Waals surface area contributed by atoms with E-state index in [2.05, 4.69) is 4.98 Å². The number of carbonyl (C=O) groups excluding carboxylic acids is 1. The molecule has 0 atom stereocenters. The van der Waals surface area contributed by atoms with Gasteiger partial charge in [-0.3, -0.25) is 9.88 Å². The summed E-state index contributed by atoms with van der Waals surface area (Å²) in [6.45, 7) is 2.61. The van der Waals surface area contributed by atoms with Crippen LogP contribution in [0.3, 0.4) is 0 Å². The van der Waals surface area contributed by atoms with E-state index in [-0.39, 0.29) is 11.6 Å². The molecule has 2 heterocycles. The minimum atomic E-state index is -4.43. The van der Waals surface area contributed by atoms with Crippen LogP contribution < -0.4 is 4.90 Å². The van der Waals surface area contributed by atoms with Crippen LogP contribution in [0.5, 0.6) is 0 Å². The number of alkyl halides is 3. The number of carbonyl (C=O) groups is 1. The summed E-state index contributed by atoms with van der Waals surface area (Å²) in [7, 11) is 0. The third kappa shape index (κ3) is 3.06. The van der Waals surface area contributed by atoms with E-state index in [1.165, 1.54) is 17.9 Å². The number of halogens is 3. The fraction of sp³-hybridized carbons (Fsp3) is 0.294. The lowest BCUT2D eigenvalue weighted by Crippen LogP contribution is -2.32. The van der Waals surface area contributed by atoms with Gasteiger partial charge in [0, 0.05) is 37.7 Å². The third-order valence-electron chi connectivity index (χ3n) is 4.09. The number of urea groups is 1. The minimum absolute atomic E-state index is 0.0709. The van der Waals surface area contributed by atoms with Gasteiger partial charge in [-0.2, -0.15) is 13.2 Å². The van der Waals surface area contributed by atoms with Gasteiger partial charge in [0.15, 0.2) is 0 Å². The number of pyridine rings is 1. The highest BCUT2D eigenvalue weighted by Crippen LogP contribution is 2.36. The molecule has 24 heavy (non-hydrogen) atoms. The summed E-state index contributed by atoms with van der Waals surface area (Å²) in [5.74, 6) is 0. The fourth-order valence-electron chi connectivity index (χ4n) is 2.89. The van der Waals surface area contributed by atoms with Crippen molar-refractivity contribution in [3.05, 3.63) is 59.4 Å². The average Bonchev–Trinajstić information content (AvgIpc) is 2.88. The van der Waals surface area contributed by atoms with Crippen LogP contribution in [0.4, 0.5) is 23.7 Å². The van der Waals surface area contributed by atoms with Crippen LogP contribution in [-0.4, -0.2) is 29.0 Å². The minimum Gasteiger partial charge on any atom is -0.318 e. The zero-order valence-corrected chi connectivity index (χ0v) is 13.0. The predicted molar refractivity (Wildman–Crippen MR) is 83.6 cm³/mol. The molecule has 0 radical (unpaired) electrons. The third-order valence-corrected chi connectivity index (χ3v) is 4.09. The molecule has 126 valence electrons. The molecule has 4 nitrogen and oxygen atoms in total. The van der Waals surface area contributed by atoms with E-state index in [0.717, 1.165) is 11.6 Å². The SMILES string of the molecule is Cc1c(N2CCN(Cc3cccnc3)C2=O)cccc1C(F)(F)F. The molecule has 0 bridgehead atoms. The van der Waals surface area contributed by atoms with Crippen molar-refractivity contribution in [2.75, 3.05) is 18.0 Å². The molecule has 3 rings (SSSR count). The summed E-state index contributed by atoms with van der Waals surface area (Å²) >= 11 is 0. The second-order valence-corrected chi connectivity index (χ2v) is 5.66. The Bertz CT molecular complexity index is 746. The van der Waals surface area contributed by atoms with Crippen molar-refractivity contribution < 1.29 is 18.0 Å². The van der Waals surface area contributed by atoms with Crippen LogP contribution in [0, 0.1) is 6.92 Å². The molecule has 0 unspecified atom stereocenters. The second-order valence-electron chi connectivity index (χ2n) is 5.66. The van der Waals surface area contributed by atoms with Gasteiger partial charge in [-0.25, -0.2) is 4.79 Å². The van der Waals surface area contributed by atoms with E-state index in [4.69, 9.17) is 0 Å². The van der Waals surface area contributed by atoms with Gasteiger partial charge in [0.05, 0.1) is 5.56 Å². The maximum atomic E-state index is 13.1. The summed E-state index contributed by atoms with van der Waals surface area (Å²) in [5, 5.41) is 0. The van der Waals surface area contributed by atoms with Gasteiger partial charge in [-0.15, -0.1) is 0 Å². The Morgan fingerprint density at radius 3 is 2.62 bits per heavy atom. The first-order chi connectivity index (χ1) is 11.4. The summed E-state index contributed by atoms with van der Waals surface area (Å²) in [6, 6.07) is 7.27. The fourth-order valence-corrected chi connectivity index (χ4v) is 2.89. The molecule has 7 heteroatoms. The number of amides is 2. The number of nitrogens with zero attached hydrogens (tertiary/aromatic N) is 3. The van der Waals surface area contributed by atoms with Crippen molar-refractivity contribution in [1.29, 1.82) is 0 Å². The zero-order chi connectivity index (χ0) is 17.3. The predicted octanol–water partition coefficient (Wildman–Crippen LogP) is 3.85. The molecule has 1 fully saturated rings. The van der Waals surface area contributed by atoms with E-state index >= 15 is 0 Å². The Labute approximate surface area is 137 Å². The second kappa shape index (κ2) is 6.14. The lowest BCUT2D eigenvalue weighted by molar-refractivity contribution is -0.138. The van der Waals surface area contributed by atoms with E-state index in [1.807, 2.05) is 6.07 Å². The maximum Gasteiger partial charge on any atom is 0.416 e. The van der Waals surface area contributed by atoms with Crippen molar-refractivity contribution in [2.45, 2.75) is 19.6 Å². The molecule has 0 aliphatic carbocycles. The van der Waals surface area contributed by atoms with Crippen LogP contribution in [-0.2, 0) is 12.7 Å². The van der Waals surface area contributed by atoms with Crippen LogP contribution in [0.15, 0.2) is 42.7 Å². The van der Waals surface area contributed by atoms with Gasteiger partial charge in [-0.1, -0.05) is 12.1 Å². The summed E-state index contributed by atoms with van der Waals surface area (Å²) < 4.78 is 39.2. The molecule has 0 N–H and O–H groups in total. The Morgan fingerprint density at radius 2 is 1.96 bits per heavy atom. The monoisotopic (exact) mass is 335 g/mol. The Morgan fingerprint density at radius 1 is 1.17 bits per heavy atom. The maximum absolute atomic E-state index is 13.1. The molecule has 1 aromatic carbocycles. The molecular formula is C17H16F3N3O. The largest absolute Gasteiger partial charge is 0.416 e. The first-order valence-corrected chi connectivity index (χ1v) is 7.50. The molecule has 0 saturated carbocycles. The van der Waals surface area contributed by atoms with Crippen molar-refractivity contribution in [3.8, 4) is 0 Å². The van der Waals surface area contributed by atoms with E-state index in [9.17, 15) is 18.0 Å². The number of aromatic nitrogens is 1. The normalized spacial score (nSPS) is 15.2. The Kier molecular flexibility index (Phi) is 4.17. The lowest BCUT2D eigenvalue weighted by atomic mass is 10.1. The van der Waals surface area contributed by atoms with Crippen molar-refractivity contribution in [3.63, 3.8) is 0 Å². The van der Waals surface area contributed by atoms with Gasteiger partial charge in [0.2, 0.25) is 0 Å². The highest BCUT2D eigenvalue weighted by Gasteiger charge is 2.36. The molecule has 1 aromatic heterocycles. The summed E-state index contributed by atoms with van der Waals surface area (Å²) in [5.41, 5.74) is 0.553. The van der Waals surface area contributed by atoms with Crippen LogP contribution in [0.1, 0.15) is 16.7 Å². The summed E-state index contributed by atoms with van der Waals surface area (Å²) in [4.78, 5) is 19.6. The van der Waals surface area contributed by atoms with Gasteiger partial charge in [-0.05, 0) is 36.2 Å². The van der Waals surface area contributed by atoms with Crippen LogP contribution in [0.2, 0.25) is 0 Å². The van der Waals surface area contributed by atoms with E-state index in [0.29, 0.717) is 25.3 Å². The standard InChI is InChI=1S/C17H16F3N3O/c1-12-14(17(18,19)20)5-2-6-15(12)23-9-8-22(16(23)24)11-13-4-3-7-21-10-13/h2-7,10H,8-9,11H2,1H3. The smallest absolute Gasteiger partial charge is 0.318 e. The van der Waals surface area contributed by atoms with E-state index in [1.54, 1.807) is 29.4 Å². The molecule has 0 spiro atoms. The molecule has 1 aliphatic heterocycles. The zero-order valence-electron chi connectivity index (χ0n) is 13.0. The molecular weight excluding hydrogens is 319 g/mol. The topological polar surface area (TPSA) is 36.4 Å². The van der Waals surface area contributed by atoms with Crippen molar-refractivity contribution in [1.82, 2.24) is 9.88 Å². The Hall–Kier alpha value is -2.57. The lowest BCUT2D eigenvalue weighted by Gasteiger charge is -2.22. The Balaban J connectivity index is 1.83. The van der Waals surface area contributed by atoms with Crippen molar-refractivity contribution >= 4 is 11.7 Å². The van der Waals surface area contributed by atoms with Crippen LogP contribution in [0.25, 0.3) is 0 Å². The first kappa shape index (κ1) is 16.3. The molecule has 1 aliphatic rings. The molecule has 2 aromatic rings. The quantitative estimate of drug-likeness (QED) is 0.854. The van der Waals surface area contributed by atoms with Gasteiger partial charge in [0.1, 0.15) is 0 Å². The highest BCUT2D eigenvalue weighted by molar-refractivity contribution is 5.95. The summed E-state index contributed by atoms with van der Waals surface area (Å²) in [6.07, 6.45) is -1.11. The molecule has 1 saturated heterocycles. The van der Waals surface area contributed by atoms with Gasteiger partial charge < -0.3 is 4.90 Å². The van der Waals surface area contributed by atoms with E-state index < -0.39 is 11.7 Å². The van der Waals surface area contributed by atoms with Gasteiger partial charge in [0.25, 0.3) is 0 Å². The number of anilines is 1.